The molecule has 0 heterocycles. The summed E-state index contributed by atoms with van der Waals surface area (Å²) in [5.41, 5.74) is 0. The fourth-order valence-corrected chi connectivity index (χ4v) is 1.62. The second kappa shape index (κ2) is 11.4. The van der Waals surface area contributed by atoms with Gasteiger partial charge in [-0.05, 0) is 39.7 Å². The van der Waals surface area contributed by atoms with E-state index in [1.807, 2.05) is 13.8 Å². The third kappa shape index (κ3) is 10.4. The maximum absolute atomic E-state index is 5.50. The first-order chi connectivity index (χ1) is 7.70. The predicted octanol–water partition coefficient (Wildman–Crippen LogP) is 2.60. The van der Waals surface area contributed by atoms with Crippen molar-refractivity contribution in [2.24, 2.45) is 0 Å². The van der Waals surface area contributed by atoms with Gasteiger partial charge in [0.15, 0.2) is 0 Å². The summed E-state index contributed by atoms with van der Waals surface area (Å²) in [5, 5.41) is 3.47. The van der Waals surface area contributed by atoms with E-state index in [1.165, 1.54) is 12.8 Å². The molecule has 0 radical (unpaired) electrons. The van der Waals surface area contributed by atoms with E-state index in [1.54, 1.807) is 0 Å². The molecule has 0 aliphatic rings. The van der Waals surface area contributed by atoms with E-state index in [2.05, 4.69) is 19.2 Å². The van der Waals surface area contributed by atoms with Crippen LogP contribution in [-0.2, 0) is 9.47 Å². The molecule has 1 unspecified atom stereocenters. The zero-order chi connectivity index (χ0) is 12.2. The number of hydrogen-bond donors (Lipinski definition) is 1. The van der Waals surface area contributed by atoms with E-state index < -0.39 is 0 Å². The molecule has 1 atom stereocenters. The minimum absolute atomic E-state index is 0.307. The average molecular weight is 231 g/mol. The van der Waals surface area contributed by atoms with E-state index in [9.17, 15) is 0 Å². The van der Waals surface area contributed by atoms with E-state index in [4.69, 9.17) is 9.47 Å². The van der Waals surface area contributed by atoms with Gasteiger partial charge in [-0.3, -0.25) is 0 Å². The van der Waals surface area contributed by atoms with E-state index in [0.29, 0.717) is 18.8 Å². The maximum Gasteiger partial charge on any atom is 0.0703 e. The Balaban J connectivity index is 3.19. The van der Waals surface area contributed by atoms with Crippen molar-refractivity contribution in [1.29, 1.82) is 0 Å². The van der Waals surface area contributed by atoms with E-state index >= 15 is 0 Å². The van der Waals surface area contributed by atoms with Crippen molar-refractivity contribution in [3.63, 3.8) is 0 Å². The Morgan fingerprint density at radius 1 is 1.06 bits per heavy atom. The van der Waals surface area contributed by atoms with Crippen LogP contribution in [0.1, 0.15) is 47.0 Å². The summed E-state index contributed by atoms with van der Waals surface area (Å²) in [4.78, 5) is 0. The highest BCUT2D eigenvalue weighted by Gasteiger charge is 2.03. The van der Waals surface area contributed by atoms with Gasteiger partial charge in [-0.25, -0.2) is 0 Å². The standard InChI is InChI=1S/C13H29NO2/c1-5-13(14-6-2)8-7-9-15-10-11-16-12(3)4/h12-14H,5-11H2,1-4H3. The topological polar surface area (TPSA) is 30.5 Å². The van der Waals surface area contributed by atoms with Crippen LogP contribution in [0.4, 0.5) is 0 Å². The fourth-order valence-electron chi connectivity index (χ4n) is 1.62. The van der Waals surface area contributed by atoms with Gasteiger partial charge in [0.1, 0.15) is 0 Å². The van der Waals surface area contributed by atoms with Gasteiger partial charge in [0.2, 0.25) is 0 Å². The van der Waals surface area contributed by atoms with Gasteiger partial charge in [-0.1, -0.05) is 13.8 Å². The largest absolute Gasteiger partial charge is 0.379 e. The molecule has 0 aliphatic heterocycles. The van der Waals surface area contributed by atoms with Crippen LogP contribution in [0.5, 0.6) is 0 Å². The molecule has 0 amide bonds. The third-order valence-electron chi connectivity index (χ3n) is 2.51. The van der Waals surface area contributed by atoms with Gasteiger partial charge in [0, 0.05) is 12.6 Å². The van der Waals surface area contributed by atoms with Gasteiger partial charge in [0.05, 0.1) is 19.3 Å². The van der Waals surface area contributed by atoms with E-state index in [0.717, 1.165) is 26.2 Å². The first kappa shape index (κ1) is 15.9. The molecule has 1 N–H and O–H groups in total. The van der Waals surface area contributed by atoms with Gasteiger partial charge in [0.25, 0.3) is 0 Å². The normalized spacial score (nSPS) is 13.3. The van der Waals surface area contributed by atoms with Gasteiger partial charge >= 0.3 is 0 Å². The lowest BCUT2D eigenvalue weighted by atomic mass is 10.1. The van der Waals surface area contributed by atoms with Gasteiger partial charge < -0.3 is 14.8 Å². The number of ether oxygens (including phenoxy) is 2. The van der Waals surface area contributed by atoms with Gasteiger partial charge in [-0.2, -0.15) is 0 Å². The summed E-state index contributed by atoms with van der Waals surface area (Å²) >= 11 is 0. The molecule has 0 bridgehead atoms. The Morgan fingerprint density at radius 3 is 2.38 bits per heavy atom. The van der Waals surface area contributed by atoms with Crippen molar-refractivity contribution in [1.82, 2.24) is 5.32 Å². The predicted molar refractivity (Wildman–Crippen MR) is 68.9 cm³/mol. The third-order valence-corrected chi connectivity index (χ3v) is 2.51. The number of hydrogen-bond acceptors (Lipinski definition) is 3. The molecule has 3 nitrogen and oxygen atoms in total. The van der Waals surface area contributed by atoms with Crippen molar-refractivity contribution < 1.29 is 9.47 Å². The molecule has 0 saturated heterocycles. The Bertz CT molecular complexity index is 140. The summed E-state index contributed by atoms with van der Waals surface area (Å²) in [5.74, 6) is 0. The molecular weight excluding hydrogens is 202 g/mol. The van der Waals surface area contributed by atoms with Crippen LogP contribution >= 0.6 is 0 Å². The first-order valence-corrected chi connectivity index (χ1v) is 6.63. The zero-order valence-corrected chi connectivity index (χ0v) is 11.4. The highest BCUT2D eigenvalue weighted by atomic mass is 16.5. The van der Waals surface area contributed by atoms with Gasteiger partial charge in [-0.15, -0.1) is 0 Å². The summed E-state index contributed by atoms with van der Waals surface area (Å²) in [6.45, 7) is 11.8. The van der Waals surface area contributed by atoms with Crippen LogP contribution in [0.15, 0.2) is 0 Å². The minimum atomic E-state index is 0.307. The quantitative estimate of drug-likeness (QED) is 0.554. The highest BCUT2D eigenvalue weighted by molar-refractivity contribution is 4.63. The number of nitrogens with one attached hydrogen (secondary N) is 1. The molecule has 16 heavy (non-hydrogen) atoms. The SMILES string of the molecule is CCNC(CC)CCCOCCOC(C)C. The Morgan fingerprint density at radius 2 is 1.81 bits per heavy atom. The molecule has 98 valence electrons. The monoisotopic (exact) mass is 231 g/mol. The molecular formula is C13H29NO2. The molecule has 0 aromatic heterocycles. The first-order valence-electron chi connectivity index (χ1n) is 6.63. The average Bonchev–Trinajstić information content (AvgIpc) is 2.26. The molecule has 0 rings (SSSR count). The summed E-state index contributed by atoms with van der Waals surface area (Å²) in [7, 11) is 0. The van der Waals surface area contributed by atoms with E-state index in [-0.39, 0.29) is 0 Å². The lowest BCUT2D eigenvalue weighted by molar-refractivity contribution is 0.0183. The fraction of sp³-hybridized carbons (Fsp3) is 1.00. The Hall–Kier alpha value is -0.120. The lowest BCUT2D eigenvalue weighted by Crippen LogP contribution is -2.28. The van der Waals surface area contributed by atoms with Crippen molar-refractivity contribution >= 4 is 0 Å². The van der Waals surface area contributed by atoms with Crippen LogP contribution in [0, 0.1) is 0 Å². The molecule has 0 aromatic carbocycles. The highest BCUT2D eigenvalue weighted by Crippen LogP contribution is 2.01. The van der Waals surface area contributed by atoms with Crippen LogP contribution in [-0.4, -0.2) is 38.5 Å². The molecule has 0 aromatic rings. The molecule has 0 spiro atoms. The smallest absolute Gasteiger partial charge is 0.0703 e. The lowest BCUT2D eigenvalue weighted by Gasteiger charge is -2.15. The Labute approximate surface area is 101 Å². The van der Waals surface area contributed by atoms with Crippen molar-refractivity contribution in [2.75, 3.05) is 26.4 Å². The van der Waals surface area contributed by atoms with Crippen LogP contribution in [0.25, 0.3) is 0 Å². The van der Waals surface area contributed by atoms with Crippen LogP contribution in [0.2, 0.25) is 0 Å². The summed E-state index contributed by atoms with van der Waals surface area (Å²) in [6.07, 6.45) is 3.84. The zero-order valence-electron chi connectivity index (χ0n) is 11.4. The van der Waals surface area contributed by atoms with Crippen molar-refractivity contribution in [2.45, 2.75) is 59.1 Å². The molecule has 0 aliphatic carbocycles. The summed E-state index contributed by atoms with van der Waals surface area (Å²) < 4.78 is 10.9. The molecule has 0 fully saturated rings. The molecule has 3 heteroatoms. The van der Waals surface area contributed by atoms with Crippen LogP contribution < -0.4 is 5.32 Å². The minimum Gasteiger partial charge on any atom is -0.379 e. The maximum atomic E-state index is 5.50. The van der Waals surface area contributed by atoms with Crippen molar-refractivity contribution in [3.8, 4) is 0 Å². The number of rotatable bonds is 11. The second-order valence-corrected chi connectivity index (χ2v) is 4.34. The Kier molecular flexibility index (Phi) is 11.3. The second-order valence-electron chi connectivity index (χ2n) is 4.34. The molecule has 0 saturated carbocycles. The van der Waals surface area contributed by atoms with Crippen molar-refractivity contribution in [3.05, 3.63) is 0 Å². The van der Waals surface area contributed by atoms with Crippen LogP contribution in [0.3, 0.4) is 0 Å². The summed E-state index contributed by atoms with van der Waals surface area (Å²) in [6, 6.07) is 0.653.